The zero-order chi connectivity index (χ0) is 25.3. The van der Waals surface area contributed by atoms with Crippen LogP contribution in [0.2, 0.25) is 15.1 Å². The Morgan fingerprint density at radius 1 is 0.886 bits per heavy atom. The van der Waals surface area contributed by atoms with Gasteiger partial charge in [-0.1, -0.05) is 34.8 Å². The van der Waals surface area contributed by atoms with Gasteiger partial charge >= 0.3 is 41.8 Å². The number of ether oxygens (including phenoxy) is 1. The zero-order valence-corrected chi connectivity index (χ0v) is 22.5. The fraction of sp³-hybridized carbons (Fsp3) is 0.0500. The van der Waals surface area contributed by atoms with Crippen LogP contribution in [0.15, 0.2) is 59.5 Å². The number of amides is 2. The van der Waals surface area contributed by atoms with E-state index in [1.54, 1.807) is 0 Å². The second kappa shape index (κ2) is 11.6. The molecule has 0 aliphatic rings. The van der Waals surface area contributed by atoms with Crippen molar-refractivity contribution in [3.63, 3.8) is 0 Å². The van der Waals surface area contributed by atoms with Gasteiger partial charge in [0.15, 0.2) is 0 Å². The van der Waals surface area contributed by atoms with E-state index in [1.165, 1.54) is 24.3 Å². The van der Waals surface area contributed by atoms with Gasteiger partial charge in [-0.25, -0.2) is 4.79 Å². The SMILES string of the molecule is O=C(Nc1cc(C(F)(F)F)ccc1Cl)Nc1cc(Cl)c(Oc2ccc(Cl)cc2)cc1S(=O)(=O)O.[Na+]. The largest absolute Gasteiger partial charge is 1.00 e. The molecule has 0 radical (unpaired) electrons. The van der Waals surface area contributed by atoms with Crippen LogP contribution in [0, 0.1) is 0 Å². The van der Waals surface area contributed by atoms with E-state index in [1.807, 2.05) is 0 Å². The minimum absolute atomic E-state index is 0. The van der Waals surface area contributed by atoms with Crippen LogP contribution in [0.5, 0.6) is 11.5 Å². The van der Waals surface area contributed by atoms with E-state index in [0.29, 0.717) is 11.1 Å². The summed E-state index contributed by atoms with van der Waals surface area (Å²) in [5.74, 6) is 0.0636. The van der Waals surface area contributed by atoms with Crippen LogP contribution in [0.25, 0.3) is 0 Å². The molecule has 7 nitrogen and oxygen atoms in total. The van der Waals surface area contributed by atoms with Gasteiger partial charge in [-0.15, -0.1) is 0 Å². The van der Waals surface area contributed by atoms with Crippen molar-refractivity contribution in [1.82, 2.24) is 0 Å². The summed E-state index contributed by atoms with van der Waals surface area (Å²) in [7, 11) is -4.90. The maximum absolute atomic E-state index is 12.9. The predicted molar refractivity (Wildman–Crippen MR) is 122 cm³/mol. The number of urea groups is 1. The van der Waals surface area contributed by atoms with Gasteiger partial charge < -0.3 is 15.4 Å². The molecule has 3 aromatic carbocycles. The summed E-state index contributed by atoms with van der Waals surface area (Å²) < 4.78 is 77.6. The number of hydrogen-bond acceptors (Lipinski definition) is 4. The standard InChI is InChI=1S/C20H12Cl3F3N2O5S.Na/c21-11-2-4-12(5-3-11)33-17-9-18(34(30,31)32)16(8-14(17)23)28-19(29)27-15-7-10(20(24,25)26)1-6-13(15)22;/h1-9H,(H2,27,28,29)(H,30,31,32);/q;+1. The number of halogens is 6. The summed E-state index contributed by atoms with van der Waals surface area (Å²) in [6.07, 6.45) is -4.69. The molecule has 3 aromatic rings. The number of nitrogens with one attached hydrogen (secondary N) is 2. The Hall–Kier alpha value is -1.70. The van der Waals surface area contributed by atoms with Crippen LogP contribution in [0.3, 0.4) is 0 Å². The van der Waals surface area contributed by atoms with Gasteiger partial charge in [-0.2, -0.15) is 21.6 Å². The first-order valence-electron chi connectivity index (χ1n) is 8.93. The minimum Gasteiger partial charge on any atom is -0.456 e. The Bertz CT molecular complexity index is 1360. The molecule has 0 aliphatic heterocycles. The van der Waals surface area contributed by atoms with Gasteiger partial charge in [-0.3, -0.25) is 4.55 Å². The summed E-state index contributed by atoms with van der Waals surface area (Å²) in [6, 6.07) is 8.90. The van der Waals surface area contributed by atoms with Crippen LogP contribution in [0.4, 0.5) is 29.3 Å². The van der Waals surface area contributed by atoms with Crippen molar-refractivity contribution in [3.05, 3.63) is 75.2 Å². The zero-order valence-electron chi connectivity index (χ0n) is 17.5. The van der Waals surface area contributed by atoms with E-state index in [9.17, 15) is 30.9 Å². The number of anilines is 2. The van der Waals surface area contributed by atoms with Crippen LogP contribution in [-0.4, -0.2) is 19.0 Å². The van der Waals surface area contributed by atoms with Gasteiger partial charge in [0.25, 0.3) is 10.1 Å². The van der Waals surface area contributed by atoms with Crippen molar-refractivity contribution in [2.24, 2.45) is 0 Å². The van der Waals surface area contributed by atoms with Crippen molar-refractivity contribution in [2.75, 3.05) is 10.6 Å². The fourth-order valence-corrected chi connectivity index (χ4v) is 3.76. The first-order valence-corrected chi connectivity index (χ1v) is 11.5. The average molecular weight is 579 g/mol. The molecule has 2 amide bonds. The van der Waals surface area contributed by atoms with Crippen molar-refractivity contribution in [2.45, 2.75) is 11.1 Å². The van der Waals surface area contributed by atoms with E-state index in [-0.39, 0.29) is 51.1 Å². The van der Waals surface area contributed by atoms with E-state index < -0.39 is 44.2 Å². The molecule has 0 aliphatic carbocycles. The Balaban J connectivity index is 0.00000432. The molecule has 3 rings (SSSR count). The molecule has 15 heteroatoms. The molecule has 0 atom stereocenters. The quantitative estimate of drug-likeness (QED) is 0.309. The summed E-state index contributed by atoms with van der Waals surface area (Å²) in [5, 5.41) is 4.24. The molecule has 0 saturated carbocycles. The maximum Gasteiger partial charge on any atom is 1.00 e. The Kier molecular flexibility index (Phi) is 9.76. The second-order valence-electron chi connectivity index (χ2n) is 6.58. The summed E-state index contributed by atoms with van der Waals surface area (Å²) >= 11 is 17.8. The van der Waals surface area contributed by atoms with Crippen molar-refractivity contribution in [3.8, 4) is 11.5 Å². The van der Waals surface area contributed by atoms with E-state index in [2.05, 4.69) is 10.6 Å². The van der Waals surface area contributed by atoms with Crippen molar-refractivity contribution < 1.29 is 65.2 Å². The van der Waals surface area contributed by atoms with Crippen LogP contribution >= 0.6 is 34.8 Å². The first kappa shape index (κ1) is 29.5. The summed E-state index contributed by atoms with van der Waals surface area (Å²) in [4.78, 5) is 11.6. The first-order chi connectivity index (χ1) is 15.7. The molecule has 0 heterocycles. The van der Waals surface area contributed by atoms with Crippen LogP contribution in [0.1, 0.15) is 5.56 Å². The number of benzene rings is 3. The number of carbonyl (C=O) groups is 1. The third-order valence-electron chi connectivity index (χ3n) is 4.14. The molecule has 0 unspecified atom stereocenters. The van der Waals surface area contributed by atoms with Gasteiger partial charge in [0.05, 0.1) is 27.0 Å². The topological polar surface area (TPSA) is 105 Å². The maximum atomic E-state index is 12.9. The molecule has 3 N–H and O–H groups in total. The third kappa shape index (κ3) is 7.89. The molecular formula is C20H12Cl3F3N2NaO5S+. The normalized spacial score (nSPS) is 11.4. The number of alkyl halides is 3. The average Bonchev–Trinajstić information content (AvgIpc) is 2.71. The molecule has 0 bridgehead atoms. The van der Waals surface area contributed by atoms with Crippen molar-refractivity contribution >= 4 is 62.3 Å². The molecule has 0 saturated heterocycles. The smallest absolute Gasteiger partial charge is 0.456 e. The number of rotatable bonds is 5. The van der Waals surface area contributed by atoms with E-state index in [4.69, 9.17) is 39.5 Å². The van der Waals surface area contributed by atoms with Crippen molar-refractivity contribution in [1.29, 1.82) is 0 Å². The third-order valence-corrected chi connectivity index (χ3v) is 5.91. The fourth-order valence-electron chi connectivity index (χ4n) is 2.63. The summed E-state index contributed by atoms with van der Waals surface area (Å²) in [5.41, 5.74) is -1.94. The predicted octanol–water partition coefficient (Wildman–Crippen LogP) is 4.35. The molecular weight excluding hydrogens is 567 g/mol. The Morgan fingerprint density at radius 3 is 2.06 bits per heavy atom. The molecule has 0 aromatic heterocycles. The molecule has 180 valence electrons. The van der Waals surface area contributed by atoms with E-state index >= 15 is 0 Å². The Morgan fingerprint density at radius 2 is 1.49 bits per heavy atom. The van der Waals surface area contributed by atoms with E-state index in [0.717, 1.165) is 24.3 Å². The van der Waals surface area contributed by atoms with Crippen LogP contribution in [-0.2, 0) is 16.3 Å². The minimum atomic E-state index is -4.90. The van der Waals surface area contributed by atoms with Gasteiger partial charge in [0, 0.05) is 11.1 Å². The Labute approximate surface area is 234 Å². The molecule has 35 heavy (non-hydrogen) atoms. The van der Waals surface area contributed by atoms with Gasteiger partial charge in [0.1, 0.15) is 16.4 Å². The second-order valence-corrected chi connectivity index (χ2v) is 9.22. The number of carbonyl (C=O) groups excluding carboxylic acids is 1. The molecule has 0 fully saturated rings. The van der Waals surface area contributed by atoms with Gasteiger partial charge in [0.2, 0.25) is 0 Å². The van der Waals surface area contributed by atoms with Crippen LogP contribution < -0.4 is 44.9 Å². The number of hydrogen-bond donors (Lipinski definition) is 3. The monoisotopic (exact) mass is 577 g/mol. The summed E-state index contributed by atoms with van der Waals surface area (Å²) in [6.45, 7) is 0. The molecule has 0 spiro atoms. The van der Waals surface area contributed by atoms with Gasteiger partial charge in [-0.05, 0) is 48.5 Å².